The minimum Gasteiger partial charge on any atom is -0.480 e. The minimum absolute atomic E-state index is 0.0492. The maximum atomic E-state index is 12.9. The van der Waals surface area contributed by atoms with Gasteiger partial charge in [-0.25, -0.2) is 4.79 Å². The molecule has 0 radical (unpaired) electrons. The van der Waals surface area contributed by atoms with Gasteiger partial charge in [0.1, 0.15) is 21.9 Å². The number of thiocarbonyl (C=S) groups is 1. The van der Waals surface area contributed by atoms with Gasteiger partial charge >= 0.3 is 12.1 Å². The Kier molecular flexibility index (Phi) is 5.79. The lowest BCUT2D eigenvalue weighted by molar-refractivity contribution is -0.144. The number of halogens is 4. The fourth-order valence-corrected chi connectivity index (χ4v) is 4.13. The Labute approximate surface area is 177 Å². The monoisotopic (exact) mass is 461 g/mol. The van der Waals surface area contributed by atoms with E-state index in [1.807, 2.05) is 0 Å². The van der Waals surface area contributed by atoms with Crippen LogP contribution < -0.4 is 0 Å². The number of rotatable bonds is 4. The SMILES string of the molecule is CC(C(=O)O)N1C(=O)C(=Cc2ccc(-c3cc(C(F)(F)F)ccc3Cl)o2)SC1=S. The van der Waals surface area contributed by atoms with E-state index in [9.17, 15) is 22.8 Å². The number of alkyl halides is 3. The summed E-state index contributed by atoms with van der Waals surface area (Å²) in [5.74, 6) is -1.54. The van der Waals surface area contributed by atoms with Gasteiger partial charge < -0.3 is 9.52 Å². The summed E-state index contributed by atoms with van der Waals surface area (Å²) in [6.45, 7) is 1.33. The molecule has 0 saturated carbocycles. The van der Waals surface area contributed by atoms with Crippen LogP contribution in [0.15, 0.2) is 39.7 Å². The van der Waals surface area contributed by atoms with Crippen molar-refractivity contribution in [2.45, 2.75) is 19.1 Å². The van der Waals surface area contributed by atoms with Crippen LogP contribution in [0, 0.1) is 0 Å². The van der Waals surface area contributed by atoms with Crippen LogP contribution in [0.5, 0.6) is 0 Å². The van der Waals surface area contributed by atoms with E-state index < -0.39 is 29.7 Å². The van der Waals surface area contributed by atoms with Crippen molar-refractivity contribution in [2.24, 2.45) is 0 Å². The van der Waals surface area contributed by atoms with E-state index in [2.05, 4.69) is 0 Å². The van der Waals surface area contributed by atoms with Gasteiger partial charge in [-0.15, -0.1) is 0 Å². The van der Waals surface area contributed by atoms with Crippen molar-refractivity contribution >= 4 is 57.9 Å². The van der Waals surface area contributed by atoms with Gasteiger partial charge in [0.05, 0.1) is 15.5 Å². The Morgan fingerprint density at radius 2 is 2.03 bits per heavy atom. The van der Waals surface area contributed by atoms with E-state index in [1.54, 1.807) is 0 Å². The number of nitrogens with zero attached hydrogens (tertiary/aromatic N) is 1. The molecule has 1 N–H and O–H groups in total. The first kappa shape index (κ1) is 21.4. The van der Waals surface area contributed by atoms with Gasteiger partial charge in [-0.3, -0.25) is 9.69 Å². The first-order valence-electron chi connectivity index (χ1n) is 7.96. The number of carboxylic acid groups (broad SMARTS) is 1. The summed E-state index contributed by atoms with van der Waals surface area (Å²) in [6.07, 6.45) is -3.19. The third-order valence-electron chi connectivity index (χ3n) is 4.03. The molecule has 1 atom stereocenters. The molecular weight excluding hydrogens is 451 g/mol. The first-order valence-corrected chi connectivity index (χ1v) is 9.56. The molecular formula is C18H11ClF3NO4S2. The molecule has 0 spiro atoms. The van der Waals surface area contributed by atoms with Crippen molar-refractivity contribution < 1.29 is 32.3 Å². The van der Waals surface area contributed by atoms with Crippen molar-refractivity contribution in [1.29, 1.82) is 0 Å². The van der Waals surface area contributed by atoms with E-state index >= 15 is 0 Å². The van der Waals surface area contributed by atoms with E-state index in [0.29, 0.717) is 0 Å². The largest absolute Gasteiger partial charge is 0.480 e. The second-order valence-electron chi connectivity index (χ2n) is 5.96. The summed E-state index contributed by atoms with van der Waals surface area (Å²) in [5, 5.41) is 9.17. The molecule has 1 aromatic carbocycles. The summed E-state index contributed by atoms with van der Waals surface area (Å²) < 4.78 is 44.5. The lowest BCUT2D eigenvalue weighted by atomic mass is 10.1. The molecule has 0 aliphatic carbocycles. The Morgan fingerprint density at radius 3 is 2.66 bits per heavy atom. The first-order chi connectivity index (χ1) is 13.5. The average Bonchev–Trinajstić information content (AvgIpc) is 3.18. The number of hydrogen-bond acceptors (Lipinski definition) is 5. The molecule has 1 amide bonds. The molecule has 1 aliphatic rings. The predicted octanol–water partition coefficient (Wildman–Crippen LogP) is 5.29. The van der Waals surface area contributed by atoms with E-state index in [-0.39, 0.29) is 31.3 Å². The predicted molar refractivity (Wildman–Crippen MR) is 106 cm³/mol. The van der Waals surface area contributed by atoms with Crippen LogP contribution in [-0.2, 0) is 15.8 Å². The van der Waals surface area contributed by atoms with Crippen molar-refractivity contribution in [3.05, 3.63) is 51.6 Å². The second kappa shape index (κ2) is 7.85. The molecule has 1 aromatic heterocycles. The third-order valence-corrected chi connectivity index (χ3v) is 5.69. The lowest BCUT2D eigenvalue weighted by Gasteiger charge is -2.18. The van der Waals surface area contributed by atoms with Crippen molar-refractivity contribution in [2.75, 3.05) is 0 Å². The van der Waals surface area contributed by atoms with Gasteiger partial charge in [-0.2, -0.15) is 13.2 Å². The fourth-order valence-electron chi connectivity index (χ4n) is 2.52. The van der Waals surface area contributed by atoms with Crippen LogP contribution >= 0.6 is 35.6 Å². The lowest BCUT2D eigenvalue weighted by Crippen LogP contribution is -2.41. The Hall–Kier alpha value is -2.30. The quantitative estimate of drug-likeness (QED) is 0.492. The Balaban J connectivity index is 1.91. The van der Waals surface area contributed by atoms with Crippen molar-refractivity contribution in [1.82, 2.24) is 4.90 Å². The van der Waals surface area contributed by atoms with Gasteiger partial charge in [0.15, 0.2) is 0 Å². The maximum Gasteiger partial charge on any atom is 0.416 e. The molecule has 3 rings (SSSR count). The molecule has 5 nitrogen and oxygen atoms in total. The highest BCUT2D eigenvalue weighted by atomic mass is 35.5. The van der Waals surface area contributed by atoms with Gasteiger partial charge in [0, 0.05) is 11.6 Å². The molecule has 1 fully saturated rings. The number of aliphatic carboxylic acids is 1. The van der Waals surface area contributed by atoms with Crippen LogP contribution in [0.25, 0.3) is 17.4 Å². The highest BCUT2D eigenvalue weighted by Gasteiger charge is 2.38. The highest BCUT2D eigenvalue weighted by Crippen LogP contribution is 2.38. The molecule has 1 unspecified atom stereocenters. The number of hydrogen-bond donors (Lipinski definition) is 1. The Bertz CT molecular complexity index is 1050. The molecule has 1 saturated heterocycles. The van der Waals surface area contributed by atoms with E-state index in [1.165, 1.54) is 25.1 Å². The summed E-state index contributed by atoms with van der Waals surface area (Å²) in [6, 6.07) is 4.61. The standard InChI is InChI=1S/C18H11ClF3NO4S2/c1-8(16(25)26)23-15(24)14(29-17(23)28)7-10-3-5-13(27-10)11-6-9(18(20,21)22)2-4-12(11)19/h2-8H,1H3,(H,25,26). The normalized spacial score (nSPS) is 17.3. The maximum absolute atomic E-state index is 12.9. The summed E-state index contributed by atoms with van der Waals surface area (Å²) in [7, 11) is 0. The molecule has 2 aromatic rings. The zero-order valence-electron chi connectivity index (χ0n) is 14.5. The van der Waals surface area contributed by atoms with Crippen LogP contribution in [0.4, 0.5) is 13.2 Å². The van der Waals surface area contributed by atoms with Crippen LogP contribution in [-0.4, -0.2) is 32.2 Å². The summed E-state index contributed by atoms with van der Waals surface area (Å²) in [4.78, 5) is 24.7. The third kappa shape index (κ3) is 4.34. The molecule has 2 heterocycles. The topological polar surface area (TPSA) is 70.8 Å². The van der Waals surface area contributed by atoms with Crippen LogP contribution in [0.1, 0.15) is 18.2 Å². The molecule has 11 heteroatoms. The molecule has 0 bridgehead atoms. The number of furan rings is 1. The van der Waals surface area contributed by atoms with Crippen LogP contribution in [0.3, 0.4) is 0 Å². The number of carboxylic acids is 1. The smallest absolute Gasteiger partial charge is 0.416 e. The minimum atomic E-state index is -4.54. The average molecular weight is 462 g/mol. The Morgan fingerprint density at radius 1 is 1.34 bits per heavy atom. The number of amides is 1. The molecule has 152 valence electrons. The second-order valence-corrected chi connectivity index (χ2v) is 8.04. The van der Waals surface area contributed by atoms with Crippen molar-refractivity contribution in [3.8, 4) is 11.3 Å². The molecule has 1 aliphatic heterocycles. The summed E-state index contributed by atoms with van der Waals surface area (Å²) in [5.41, 5.74) is -0.827. The zero-order chi connectivity index (χ0) is 21.5. The van der Waals surface area contributed by atoms with E-state index in [0.717, 1.165) is 34.9 Å². The van der Waals surface area contributed by atoms with Gasteiger partial charge in [0.2, 0.25) is 0 Å². The zero-order valence-corrected chi connectivity index (χ0v) is 16.9. The number of benzene rings is 1. The van der Waals surface area contributed by atoms with Gasteiger partial charge in [0.25, 0.3) is 5.91 Å². The van der Waals surface area contributed by atoms with Gasteiger partial charge in [-0.1, -0.05) is 35.6 Å². The van der Waals surface area contributed by atoms with Crippen LogP contribution in [0.2, 0.25) is 5.02 Å². The fraction of sp³-hybridized carbons (Fsp3) is 0.167. The van der Waals surface area contributed by atoms with E-state index in [4.69, 9.17) is 33.3 Å². The van der Waals surface area contributed by atoms with Crippen molar-refractivity contribution in [3.63, 3.8) is 0 Å². The molecule has 29 heavy (non-hydrogen) atoms. The number of carbonyl (C=O) groups excluding carboxylic acids is 1. The number of carbonyl (C=O) groups is 2. The summed E-state index contributed by atoms with van der Waals surface area (Å²) >= 11 is 12.0. The highest BCUT2D eigenvalue weighted by molar-refractivity contribution is 8.26. The van der Waals surface area contributed by atoms with Gasteiger partial charge in [-0.05, 0) is 37.3 Å². The number of thioether (sulfide) groups is 1.